The first-order chi connectivity index (χ1) is 9.47. The summed E-state index contributed by atoms with van der Waals surface area (Å²) in [5.41, 5.74) is 1.80. The quantitative estimate of drug-likeness (QED) is 0.800. The van der Waals surface area contributed by atoms with Crippen LogP contribution in [0, 0.1) is 0 Å². The number of likely N-dealkylation sites (N-methyl/N-ethyl adjacent to an activating group) is 1. The number of fused-ring (bicyclic) bond motifs is 1. The molecule has 2 aliphatic heterocycles. The third-order valence-electron chi connectivity index (χ3n) is 3.93. The molecule has 0 bridgehead atoms. The molecule has 106 valence electrons. The van der Waals surface area contributed by atoms with Crippen molar-refractivity contribution in [2.75, 3.05) is 36.9 Å². The summed E-state index contributed by atoms with van der Waals surface area (Å²) in [7, 11) is 2.09. The van der Waals surface area contributed by atoms with Crippen LogP contribution in [0.1, 0.15) is 17.3 Å². The Kier molecular flexibility index (Phi) is 3.18. The number of rotatable bonds is 1. The van der Waals surface area contributed by atoms with Gasteiger partial charge in [-0.05, 0) is 26.1 Å². The highest BCUT2D eigenvalue weighted by Crippen LogP contribution is 2.36. The molecule has 1 saturated heterocycles. The maximum Gasteiger partial charge on any atom is 0.296 e. The third kappa shape index (κ3) is 2.07. The lowest BCUT2D eigenvalue weighted by Gasteiger charge is -2.40. The summed E-state index contributed by atoms with van der Waals surface area (Å²) in [4.78, 5) is 27.6. The Labute approximate surface area is 122 Å². The lowest BCUT2D eigenvalue weighted by molar-refractivity contribution is -0.112. The number of piperazine rings is 1. The van der Waals surface area contributed by atoms with Gasteiger partial charge in [-0.3, -0.25) is 9.59 Å². The Morgan fingerprint density at radius 1 is 1.30 bits per heavy atom. The van der Waals surface area contributed by atoms with E-state index in [4.69, 9.17) is 11.6 Å². The van der Waals surface area contributed by atoms with Gasteiger partial charge in [0.2, 0.25) is 0 Å². The van der Waals surface area contributed by atoms with Crippen molar-refractivity contribution < 1.29 is 9.59 Å². The van der Waals surface area contributed by atoms with E-state index >= 15 is 0 Å². The van der Waals surface area contributed by atoms with E-state index in [1.165, 1.54) is 0 Å². The van der Waals surface area contributed by atoms with Gasteiger partial charge < -0.3 is 15.1 Å². The minimum Gasteiger partial charge on any atom is -0.365 e. The number of anilines is 2. The molecule has 2 heterocycles. The van der Waals surface area contributed by atoms with Crippen molar-refractivity contribution in [2.45, 2.75) is 13.0 Å². The number of carbonyl (C=O) groups is 2. The van der Waals surface area contributed by atoms with Gasteiger partial charge in [-0.25, -0.2) is 0 Å². The second-order valence-electron chi connectivity index (χ2n) is 5.44. The topological polar surface area (TPSA) is 52.7 Å². The van der Waals surface area contributed by atoms with E-state index in [1.807, 2.05) is 6.07 Å². The molecule has 3 rings (SSSR count). The van der Waals surface area contributed by atoms with Crippen molar-refractivity contribution in [2.24, 2.45) is 0 Å². The first-order valence-electron chi connectivity index (χ1n) is 6.62. The number of ketones is 1. The van der Waals surface area contributed by atoms with Gasteiger partial charge in [0, 0.05) is 25.7 Å². The van der Waals surface area contributed by atoms with E-state index in [-0.39, 0.29) is 0 Å². The van der Waals surface area contributed by atoms with Crippen molar-refractivity contribution >= 4 is 34.7 Å². The number of Topliss-reactive ketones (excluding diaryl/α,β-unsaturated/α-hetero) is 1. The van der Waals surface area contributed by atoms with E-state index < -0.39 is 11.7 Å². The average molecular weight is 294 g/mol. The molecule has 20 heavy (non-hydrogen) atoms. The van der Waals surface area contributed by atoms with Crippen molar-refractivity contribution in [3.8, 4) is 0 Å². The highest BCUT2D eigenvalue weighted by Gasteiger charge is 2.31. The van der Waals surface area contributed by atoms with Crippen LogP contribution in [0.3, 0.4) is 0 Å². The molecule has 0 aliphatic carbocycles. The van der Waals surface area contributed by atoms with Gasteiger partial charge in [-0.15, -0.1) is 0 Å². The summed E-state index contributed by atoms with van der Waals surface area (Å²) in [5.74, 6) is -1.10. The highest BCUT2D eigenvalue weighted by molar-refractivity contribution is 6.52. The van der Waals surface area contributed by atoms with Crippen LogP contribution >= 0.6 is 11.6 Å². The SMILES string of the molecule is CC1CN(C)CCN1c1cc2c(cc1Cl)C(=O)C(=O)N2. The first kappa shape index (κ1) is 13.4. The Morgan fingerprint density at radius 2 is 2.05 bits per heavy atom. The monoisotopic (exact) mass is 293 g/mol. The molecule has 1 aromatic rings. The van der Waals surface area contributed by atoms with Crippen LogP contribution in [0.5, 0.6) is 0 Å². The first-order valence-corrected chi connectivity index (χ1v) is 6.99. The van der Waals surface area contributed by atoms with Crippen LogP contribution in [0.15, 0.2) is 12.1 Å². The minimum atomic E-state index is -0.584. The molecule has 0 spiro atoms. The number of benzene rings is 1. The maximum atomic E-state index is 11.7. The van der Waals surface area contributed by atoms with E-state index in [2.05, 4.69) is 29.1 Å². The van der Waals surface area contributed by atoms with Crippen LogP contribution in [-0.2, 0) is 4.79 Å². The van der Waals surface area contributed by atoms with Gasteiger partial charge in [0.15, 0.2) is 0 Å². The molecule has 1 amide bonds. The lowest BCUT2D eigenvalue weighted by atomic mass is 10.1. The van der Waals surface area contributed by atoms with E-state index in [0.717, 1.165) is 25.3 Å². The molecule has 1 aromatic carbocycles. The summed E-state index contributed by atoms with van der Waals surface area (Å²) in [6.07, 6.45) is 0. The molecule has 0 saturated carbocycles. The van der Waals surface area contributed by atoms with Crippen LogP contribution in [0.4, 0.5) is 11.4 Å². The van der Waals surface area contributed by atoms with Crippen LogP contribution < -0.4 is 10.2 Å². The van der Waals surface area contributed by atoms with Gasteiger partial charge in [0.1, 0.15) is 0 Å². The second-order valence-corrected chi connectivity index (χ2v) is 5.84. The number of hydrogen-bond donors (Lipinski definition) is 1. The zero-order valence-corrected chi connectivity index (χ0v) is 12.2. The van der Waals surface area contributed by atoms with Crippen molar-refractivity contribution in [1.29, 1.82) is 0 Å². The van der Waals surface area contributed by atoms with Gasteiger partial charge >= 0.3 is 0 Å². The summed E-state index contributed by atoms with van der Waals surface area (Å²) >= 11 is 6.31. The second kappa shape index (κ2) is 4.75. The number of nitrogens with one attached hydrogen (secondary N) is 1. The van der Waals surface area contributed by atoms with Gasteiger partial charge in [0.05, 0.1) is 22.0 Å². The fourth-order valence-electron chi connectivity index (χ4n) is 2.87. The molecule has 1 atom stereocenters. The molecule has 1 N–H and O–H groups in total. The molecule has 1 fully saturated rings. The maximum absolute atomic E-state index is 11.7. The van der Waals surface area contributed by atoms with Crippen molar-refractivity contribution in [3.05, 3.63) is 22.7 Å². The van der Waals surface area contributed by atoms with Crippen LogP contribution in [-0.4, -0.2) is 49.3 Å². The smallest absolute Gasteiger partial charge is 0.296 e. The molecule has 1 unspecified atom stereocenters. The van der Waals surface area contributed by atoms with E-state index in [0.29, 0.717) is 22.3 Å². The van der Waals surface area contributed by atoms with Crippen molar-refractivity contribution in [3.63, 3.8) is 0 Å². The molecule has 6 heteroatoms. The predicted octanol–water partition coefficient (Wildman–Crippen LogP) is 1.62. The standard InChI is InChI=1S/C14H16ClN3O2/c1-8-7-17(2)3-4-18(8)12-6-11-9(5-10(12)15)13(19)14(20)16-11/h5-6,8H,3-4,7H2,1-2H3,(H,16,19,20). The number of carbonyl (C=O) groups excluding carboxylic acids is 2. The number of amides is 1. The van der Waals surface area contributed by atoms with Crippen LogP contribution in [0.2, 0.25) is 5.02 Å². The molecule has 0 aromatic heterocycles. The van der Waals surface area contributed by atoms with Gasteiger partial charge in [0.25, 0.3) is 11.7 Å². The zero-order chi connectivity index (χ0) is 14.4. The molecule has 0 radical (unpaired) electrons. The molecular weight excluding hydrogens is 278 g/mol. The third-order valence-corrected chi connectivity index (χ3v) is 4.23. The predicted molar refractivity (Wildman–Crippen MR) is 78.7 cm³/mol. The zero-order valence-electron chi connectivity index (χ0n) is 11.4. The fourth-order valence-corrected chi connectivity index (χ4v) is 3.14. The molecule has 2 aliphatic rings. The summed E-state index contributed by atoms with van der Waals surface area (Å²) < 4.78 is 0. The van der Waals surface area contributed by atoms with Gasteiger partial charge in [-0.1, -0.05) is 11.6 Å². The average Bonchev–Trinajstić information content (AvgIpc) is 2.65. The number of hydrogen-bond acceptors (Lipinski definition) is 4. The Morgan fingerprint density at radius 3 is 2.75 bits per heavy atom. The molecular formula is C14H16ClN3O2. The Hall–Kier alpha value is -1.59. The van der Waals surface area contributed by atoms with Crippen LogP contribution in [0.25, 0.3) is 0 Å². The van der Waals surface area contributed by atoms with E-state index in [9.17, 15) is 9.59 Å². The summed E-state index contributed by atoms with van der Waals surface area (Å²) in [6.45, 7) is 4.93. The minimum absolute atomic E-state index is 0.331. The van der Waals surface area contributed by atoms with Gasteiger partial charge in [-0.2, -0.15) is 0 Å². The number of nitrogens with zero attached hydrogens (tertiary/aromatic N) is 2. The Bertz CT molecular complexity index is 602. The molecule has 5 nitrogen and oxygen atoms in total. The van der Waals surface area contributed by atoms with Crippen molar-refractivity contribution in [1.82, 2.24) is 4.90 Å². The Balaban J connectivity index is 1.98. The lowest BCUT2D eigenvalue weighted by Crippen LogP contribution is -2.50. The normalized spacial score (nSPS) is 22.9. The summed E-state index contributed by atoms with van der Waals surface area (Å²) in [6, 6.07) is 3.73. The fraction of sp³-hybridized carbons (Fsp3) is 0.429. The summed E-state index contributed by atoms with van der Waals surface area (Å²) in [5, 5.41) is 3.11. The largest absolute Gasteiger partial charge is 0.365 e. The highest BCUT2D eigenvalue weighted by atomic mass is 35.5. The van der Waals surface area contributed by atoms with E-state index in [1.54, 1.807) is 6.07 Å². The number of halogens is 1.